The maximum Gasteiger partial charge on any atom is 0.253 e. The number of carbonyl (C=O) groups excluding carboxylic acids is 1. The molecular formula is C10H12Cl2N2O2. The number of hydrogen-bond acceptors (Lipinski definition) is 3. The minimum absolute atomic E-state index is 0.112. The molecule has 2 N–H and O–H groups in total. The average molecular weight is 263 g/mol. The Balaban J connectivity index is 2.83. The van der Waals surface area contributed by atoms with E-state index >= 15 is 0 Å². The van der Waals surface area contributed by atoms with E-state index < -0.39 is 0 Å². The zero-order chi connectivity index (χ0) is 12.1. The minimum atomic E-state index is -0.366. The molecule has 6 heteroatoms. The van der Waals surface area contributed by atoms with Crippen molar-refractivity contribution in [1.29, 1.82) is 0 Å². The Hall–Kier alpha value is -0.840. The predicted molar refractivity (Wildman–Crippen MR) is 62.9 cm³/mol. The maximum atomic E-state index is 11.8. The van der Waals surface area contributed by atoms with Gasteiger partial charge in [-0.25, -0.2) is 4.98 Å². The van der Waals surface area contributed by atoms with Crippen LogP contribution < -0.4 is 5.32 Å². The molecule has 1 heterocycles. The SMILES string of the molecule is CCC(CO)NC(=O)c1cc(Cl)ncc1Cl. The van der Waals surface area contributed by atoms with Gasteiger partial charge in [-0.1, -0.05) is 30.1 Å². The topological polar surface area (TPSA) is 62.2 Å². The molecule has 0 spiro atoms. The molecule has 16 heavy (non-hydrogen) atoms. The lowest BCUT2D eigenvalue weighted by atomic mass is 10.2. The third kappa shape index (κ3) is 3.33. The van der Waals surface area contributed by atoms with E-state index in [1.807, 2.05) is 6.92 Å². The van der Waals surface area contributed by atoms with E-state index in [4.69, 9.17) is 28.3 Å². The van der Waals surface area contributed by atoms with Crippen LogP contribution >= 0.6 is 23.2 Å². The largest absolute Gasteiger partial charge is 0.394 e. The van der Waals surface area contributed by atoms with E-state index in [1.165, 1.54) is 12.3 Å². The molecule has 0 saturated carbocycles. The van der Waals surface area contributed by atoms with Gasteiger partial charge in [0.25, 0.3) is 5.91 Å². The lowest BCUT2D eigenvalue weighted by Gasteiger charge is -2.14. The van der Waals surface area contributed by atoms with Crippen LogP contribution in [0.4, 0.5) is 0 Å². The van der Waals surface area contributed by atoms with Gasteiger partial charge in [-0.05, 0) is 12.5 Å². The number of halogens is 2. The van der Waals surface area contributed by atoms with Gasteiger partial charge in [-0.3, -0.25) is 4.79 Å². The van der Waals surface area contributed by atoms with Crippen molar-refractivity contribution in [3.05, 3.63) is 28.0 Å². The molecule has 0 aliphatic rings. The van der Waals surface area contributed by atoms with Crippen molar-refractivity contribution in [2.24, 2.45) is 0 Å². The number of rotatable bonds is 4. The monoisotopic (exact) mass is 262 g/mol. The molecule has 88 valence electrons. The molecule has 0 aliphatic heterocycles. The molecule has 1 aromatic rings. The standard InChI is InChI=1S/C10H12Cl2N2O2/c1-2-6(5-15)14-10(16)7-3-9(12)13-4-8(7)11/h3-4,6,15H,2,5H2,1H3,(H,14,16). The number of aliphatic hydroxyl groups is 1. The Morgan fingerprint density at radius 1 is 1.62 bits per heavy atom. The number of amides is 1. The zero-order valence-corrected chi connectivity index (χ0v) is 10.2. The first kappa shape index (κ1) is 13.2. The zero-order valence-electron chi connectivity index (χ0n) is 8.70. The molecule has 0 radical (unpaired) electrons. The second-order valence-corrected chi connectivity index (χ2v) is 4.04. The average Bonchev–Trinajstić information content (AvgIpc) is 2.28. The molecule has 0 aromatic carbocycles. The minimum Gasteiger partial charge on any atom is -0.394 e. The Morgan fingerprint density at radius 2 is 2.31 bits per heavy atom. The Kier molecular flexibility index (Phi) is 4.99. The van der Waals surface area contributed by atoms with E-state index in [9.17, 15) is 4.79 Å². The number of aromatic nitrogens is 1. The molecule has 4 nitrogen and oxygen atoms in total. The van der Waals surface area contributed by atoms with Crippen LogP contribution in [-0.4, -0.2) is 28.6 Å². The predicted octanol–water partition coefficient (Wildman–Crippen LogP) is 1.89. The summed E-state index contributed by atoms with van der Waals surface area (Å²) in [5.74, 6) is -0.366. The van der Waals surface area contributed by atoms with E-state index in [0.29, 0.717) is 6.42 Å². The summed E-state index contributed by atoms with van der Waals surface area (Å²) in [6.07, 6.45) is 1.96. The quantitative estimate of drug-likeness (QED) is 0.815. The van der Waals surface area contributed by atoms with Gasteiger partial charge in [0.2, 0.25) is 0 Å². The summed E-state index contributed by atoms with van der Waals surface area (Å²) in [4.78, 5) is 15.5. The fourth-order valence-electron chi connectivity index (χ4n) is 1.13. The summed E-state index contributed by atoms with van der Waals surface area (Å²) in [6, 6.07) is 1.11. The number of aliphatic hydroxyl groups excluding tert-OH is 1. The van der Waals surface area contributed by atoms with Gasteiger partial charge in [-0.2, -0.15) is 0 Å². The van der Waals surface area contributed by atoms with Gasteiger partial charge in [0.1, 0.15) is 5.15 Å². The third-order valence-electron chi connectivity index (χ3n) is 2.11. The molecule has 0 bridgehead atoms. The van der Waals surface area contributed by atoms with Crippen LogP contribution in [0.3, 0.4) is 0 Å². The van der Waals surface area contributed by atoms with E-state index in [0.717, 1.165) is 0 Å². The molecule has 0 fully saturated rings. The number of carbonyl (C=O) groups is 1. The highest BCUT2D eigenvalue weighted by Gasteiger charge is 2.14. The van der Waals surface area contributed by atoms with Crippen molar-refractivity contribution < 1.29 is 9.90 Å². The van der Waals surface area contributed by atoms with Crippen LogP contribution in [-0.2, 0) is 0 Å². The first-order chi connectivity index (χ1) is 7.58. The molecule has 1 atom stereocenters. The molecule has 1 rings (SSSR count). The lowest BCUT2D eigenvalue weighted by molar-refractivity contribution is 0.0915. The smallest absolute Gasteiger partial charge is 0.253 e. The van der Waals surface area contributed by atoms with Crippen LogP contribution in [0.5, 0.6) is 0 Å². The van der Waals surface area contributed by atoms with Crippen molar-refractivity contribution in [2.45, 2.75) is 19.4 Å². The Bertz CT molecular complexity index is 381. The van der Waals surface area contributed by atoms with Crippen molar-refractivity contribution >= 4 is 29.1 Å². The van der Waals surface area contributed by atoms with E-state index in [-0.39, 0.29) is 34.3 Å². The summed E-state index contributed by atoms with van der Waals surface area (Å²) in [7, 11) is 0. The summed E-state index contributed by atoms with van der Waals surface area (Å²) in [5.41, 5.74) is 0.258. The van der Waals surface area contributed by atoms with Gasteiger partial charge >= 0.3 is 0 Å². The van der Waals surface area contributed by atoms with Crippen LogP contribution in [0.25, 0.3) is 0 Å². The second-order valence-electron chi connectivity index (χ2n) is 3.25. The van der Waals surface area contributed by atoms with E-state index in [1.54, 1.807) is 0 Å². The van der Waals surface area contributed by atoms with Crippen molar-refractivity contribution in [3.8, 4) is 0 Å². The molecular weight excluding hydrogens is 251 g/mol. The normalized spacial score (nSPS) is 12.2. The Labute approximate surface area is 104 Å². The van der Waals surface area contributed by atoms with Gasteiger partial charge < -0.3 is 10.4 Å². The fraction of sp³-hybridized carbons (Fsp3) is 0.400. The molecule has 0 saturated heterocycles. The van der Waals surface area contributed by atoms with Crippen molar-refractivity contribution in [1.82, 2.24) is 10.3 Å². The van der Waals surface area contributed by atoms with Crippen LogP contribution in [0.15, 0.2) is 12.3 Å². The number of hydrogen-bond donors (Lipinski definition) is 2. The summed E-state index contributed by atoms with van der Waals surface area (Å²) < 4.78 is 0. The Morgan fingerprint density at radius 3 is 2.88 bits per heavy atom. The van der Waals surface area contributed by atoms with Gasteiger partial charge in [0, 0.05) is 6.20 Å². The molecule has 1 amide bonds. The van der Waals surface area contributed by atoms with Gasteiger partial charge in [-0.15, -0.1) is 0 Å². The first-order valence-corrected chi connectivity index (χ1v) is 5.56. The third-order valence-corrected chi connectivity index (χ3v) is 2.62. The van der Waals surface area contributed by atoms with Crippen molar-refractivity contribution in [2.75, 3.05) is 6.61 Å². The highest BCUT2D eigenvalue weighted by Crippen LogP contribution is 2.18. The lowest BCUT2D eigenvalue weighted by Crippen LogP contribution is -2.37. The van der Waals surface area contributed by atoms with Crippen LogP contribution in [0.1, 0.15) is 23.7 Å². The molecule has 1 unspecified atom stereocenters. The van der Waals surface area contributed by atoms with Crippen LogP contribution in [0.2, 0.25) is 10.2 Å². The van der Waals surface area contributed by atoms with Gasteiger partial charge in [0.15, 0.2) is 0 Å². The summed E-state index contributed by atoms with van der Waals surface area (Å²) in [5, 5.41) is 12.0. The highest BCUT2D eigenvalue weighted by molar-refractivity contribution is 6.35. The molecule has 0 aliphatic carbocycles. The second kappa shape index (κ2) is 6.03. The summed E-state index contributed by atoms with van der Waals surface area (Å²) in [6.45, 7) is 1.75. The van der Waals surface area contributed by atoms with Crippen molar-refractivity contribution in [3.63, 3.8) is 0 Å². The fourth-order valence-corrected chi connectivity index (χ4v) is 1.47. The maximum absolute atomic E-state index is 11.8. The number of nitrogens with zero attached hydrogens (tertiary/aromatic N) is 1. The molecule has 1 aromatic heterocycles. The highest BCUT2D eigenvalue weighted by atomic mass is 35.5. The van der Waals surface area contributed by atoms with E-state index in [2.05, 4.69) is 10.3 Å². The first-order valence-electron chi connectivity index (χ1n) is 4.81. The summed E-state index contributed by atoms with van der Waals surface area (Å²) >= 11 is 11.5. The number of nitrogens with one attached hydrogen (secondary N) is 1. The van der Waals surface area contributed by atoms with Crippen LogP contribution in [0, 0.1) is 0 Å². The number of pyridine rings is 1. The van der Waals surface area contributed by atoms with Gasteiger partial charge in [0.05, 0.1) is 23.2 Å².